The number of halogens is 1. The van der Waals surface area contributed by atoms with Crippen LogP contribution in [0.4, 0.5) is 5.69 Å². The second-order valence-corrected chi connectivity index (χ2v) is 7.36. The van der Waals surface area contributed by atoms with Crippen LogP contribution in [0.2, 0.25) is 0 Å². The van der Waals surface area contributed by atoms with Crippen molar-refractivity contribution < 1.29 is 9.59 Å². The highest BCUT2D eigenvalue weighted by Gasteiger charge is 2.18. The molecule has 0 unspecified atom stereocenters. The van der Waals surface area contributed by atoms with E-state index in [1.807, 2.05) is 30.3 Å². The van der Waals surface area contributed by atoms with Crippen molar-refractivity contribution >= 4 is 33.4 Å². The van der Waals surface area contributed by atoms with E-state index in [2.05, 4.69) is 38.7 Å². The number of hydrogen-bond donors (Lipinski definition) is 2. The molecule has 4 rings (SSSR count). The Hall–Kier alpha value is -2.92. The molecule has 2 N–H and O–H groups in total. The fourth-order valence-corrected chi connectivity index (χ4v) is 3.56. The summed E-state index contributed by atoms with van der Waals surface area (Å²) in [6, 6.07) is 21.3. The highest BCUT2D eigenvalue weighted by Crippen LogP contribution is 2.37. The molecule has 0 heterocycles. The van der Waals surface area contributed by atoms with Crippen LogP contribution in [0.3, 0.4) is 0 Å². The minimum absolute atomic E-state index is 0.0772. The van der Waals surface area contributed by atoms with Crippen molar-refractivity contribution in [3.63, 3.8) is 0 Å². The molecule has 0 radical (unpaired) electrons. The predicted molar refractivity (Wildman–Crippen MR) is 110 cm³/mol. The Morgan fingerprint density at radius 3 is 2.44 bits per heavy atom. The largest absolute Gasteiger partial charge is 0.343 e. The third-order valence-corrected chi connectivity index (χ3v) is 5.12. The Bertz CT molecular complexity index is 1030. The van der Waals surface area contributed by atoms with Crippen LogP contribution in [0.5, 0.6) is 0 Å². The first-order chi connectivity index (χ1) is 13.1. The Kier molecular flexibility index (Phi) is 4.77. The van der Waals surface area contributed by atoms with Gasteiger partial charge >= 0.3 is 0 Å². The van der Waals surface area contributed by atoms with Gasteiger partial charge in [-0.1, -0.05) is 46.3 Å². The van der Waals surface area contributed by atoms with Gasteiger partial charge in [0, 0.05) is 15.7 Å². The molecule has 0 spiro atoms. The third kappa shape index (κ3) is 3.78. The second-order valence-electron chi connectivity index (χ2n) is 6.44. The van der Waals surface area contributed by atoms with Crippen LogP contribution in [0.15, 0.2) is 71.2 Å². The molecule has 0 aromatic heterocycles. The number of amides is 2. The molecular formula is C22H17BrN2O2. The van der Waals surface area contributed by atoms with Gasteiger partial charge in [-0.3, -0.25) is 9.59 Å². The minimum atomic E-state index is -0.276. The van der Waals surface area contributed by atoms with Crippen molar-refractivity contribution in [2.24, 2.45) is 0 Å². The van der Waals surface area contributed by atoms with E-state index in [0.717, 1.165) is 16.6 Å². The minimum Gasteiger partial charge on any atom is -0.343 e. The number of hydrogen-bond acceptors (Lipinski definition) is 2. The smallest absolute Gasteiger partial charge is 0.251 e. The first-order valence-corrected chi connectivity index (χ1v) is 9.44. The molecule has 0 saturated heterocycles. The summed E-state index contributed by atoms with van der Waals surface area (Å²) < 4.78 is 0.899. The van der Waals surface area contributed by atoms with Gasteiger partial charge in [0.25, 0.3) is 5.91 Å². The first kappa shape index (κ1) is 17.5. The lowest BCUT2D eigenvalue weighted by molar-refractivity contribution is -0.115. The summed E-state index contributed by atoms with van der Waals surface area (Å²) in [7, 11) is 0. The van der Waals surface area contributed by atoms with Gasteiger partial charge in [0.1, 0.15) is 0 Å². The maximum atomic E-state index is 12.2. The predicted octanol–water partition coefficient (Wildman–Crippen LogP) is 4.39. The quantitative estimate of drug-likeness (QED) is 0.514. The van der Waals surface area contributed by atoms with Crippen molar-refractivity contribution in [2.75, 3.05) is 11.9 Å². The molecule has 0 saturated carbocycles. The van der Waals surface area contributed by atoms with E-state index in [-0.39, 0.29) is 18.4 Å². The monoisotopic (exact) mass is 420 g/mol. The molecule has 0 fully saturated rings. The molecule has 27 heavy (non-hydrogen) atoms. The Labute approximate surface area is 165 Å². The van der Waals surface area contributed by atoms with Crippen molar-refractivity contribution in [1.29, 1.82) is 0 Å². The fourth-order valence-electron chi connectivity index (χ4n) is 3.29. The van der Waals surface area contributed by atoms with Gasteiger partial charge in [0.2, 0.25) is 5.91 Å². The van der Waals surface area contributed by atoms with Gasteiger partial charge in [0.05, 0.1) is 6.54 Å². The van der Waals surface area contributed by atoms with Crippen molar-refractivity contribution in [1.82, 2.24) is 5.32 Å². The maximum absolute atomic E-state index is 12.2. The fraction of sp³-hybridized carbons (Fsp3) is 0.0909. The molecule has 0 aliphatic heterocycles. The zero-order chi connectivity index (χ0) is 18.8. The van der Waals surface area contributed by atoms with Gasteiger partial charge in [-0.2, -0.15) is 0 Å². The molecule has 4 nitrogen and oxygen atoms in total. The van der Waals surface area contributed by atoms with Gasteiger partial charge in [-0.15, -0.1) is 0 Å². The maximum Gasteiger partial charge on any atom is 0.251 e. The van der Waals surface area contributed by atoms with Gasteiger partial charge in [-0.25, -0.2) is 0 Å². The Morgan fingerprint density at radius 2 is 1.63 bits per heavy atom. The van der Waals surface area contributed by atoms with E-state index >= 15 is 0 Å². The summed E-state index contributed by atoms with van der Waals surface area (Å²) >= 11 is 3.33. The molecule has 0 bridgehead atoms. The number of carbonyl (C=O) groups excluding carboxylic acids is 2. The molecule has 3 aromatic carbocycles. The van der Waals surface area contributed by atoms with Crippen LogP contribution >= 0.6 is 15.9 Å². The van der Waals surface area contributed by atoms with Gasteiger partial charge in [0.15, 0.2) is 0 Å². The van der Waals surface area contributed by atoms with Crippen LogP contribution in [-0.4, -0.2) is 18.4 Å². The summed E-state index contributed by atoms with van der Waals surface area (Å²) in [6.45, 7) is -0.0772. The molecule has 2 amide bonds. The number of nitrogens with one attached hydrogen (secondary N) is 2. The summed E-state index contributed by atoms with van der Waals surface area (Å²) in [5.74, 6) is -0.530. The van der Waals surface area contributed by atoms with Crippen LogP contribution in [-0.2, 0) is 11.2 Å². The van der Waals surface area contributed by atoms with Crippen molar-refractivity contribution in [3.05, 3.63) is 87.9 Å². The lowest BCUT2D eigenvalue weighted by Crippen LogP contribution is -2.32. The molecule has 3 aromatic rings. The van der Waals surface area contributed by atoms with Crippen LogP contribution in [0.1, 0.15) is 21.5 Å². The second kappa shape index (κ2) is 7.37. The van der Waals surface area contributed by atoms with E-state index in [9.17, 15) is 9.59 Å². The highest BCUT2D eigenvalue weighted by atomic mass is 79.9. The van der Waals surface area contributed by atoms with Crippen LogP contribution < -0.4 is 10.6 Å². The summed E-state index contributed by atoms with van der Waals surface area (Å²) in [5.41, 5.74) is 6.23. The number of anilines is 1. The van der Waals surface area contributed by atoms with E-state index in [4.69, 9.17) is 0 Å². The lowest BCUT2D eigenvalue weighted by Gasteiger charge is -2.09. The molecule has 1 aliphatic rings. The zero-order valence-electron chi connectivity index (χ0n) is 14.5. The van der Waals surface area contributed by atoms with Gasteiger partial charge < -0.3 is 10.6 Å². The standard InChI is InChI=1S/C22H17BrN2O2/c23-17-7-5-14(6-8-17)22(27)24-13-21(26)25-18-9-10-20-16(12-18)11-15-3-1-2-4-19(15)20/h1-10,12H,11,13H2,(H,24,27)(H,25,26). The SMILES string of the molecule is O=C(CNC(=O)c1ccc(Br)cc1)Nc1ccc2c(c1)Cc1ccccc1-2. The normalized spacial score (nSPS) is 11.4. The van der Waals surface area contributed by atoms with E-state index < -0.39 is 0 Å². The van der Waals surface area contributed by atoms with Gasteiger partial charge in [-0.05, 0) is 65.1 Å². The lowest BCUT2D eigenvalue weighted by atomic mass is 10.1. The molecule has 5 heteroatoms. The number of fused-ring (bicyclic) bond motifs is 3. The van der Waals surface area contributed by atoms with E-state index in [0.29, 0.717) is 5.56 Å². The Balaban J connectivity index is 1.37. The molecule has 0 atom stereocenters. The molecular weight excluding hydrogens is 404 g/mol. The van der Waals surface area contributed by atoms with E-state index in [1.165, 1.54) is 22.3 Å². The summed E-state index contributed by atoms with van der Waals surface area (Å²) in [6.07, 6.45) is 0.871. The molecule has 134 valence electrons. The van der Waals surface area contributed by atoms with Crippen LogP contribution in [0.25, 0.3) is 11.1 Å². The highest BCUT2D eigenvalue weighted by molar-refractivity contribution is 9.10. The summed E-state index contributed by atoms with van der Waals surface area (Å²) in [5, 5.41) is 5.49. The van der Waals surface area contributed by atoms with Crippen molar-refractivity contribution in [3.8, 4) is 11.1 Å². The third-order valence-electron chi connectivity index (χ3n) is 4.59. The number of benzene rings is 3. The Morgan fingerprint density at radius 1 is 0.889 bits per heavy atom. The van der Waals surface area contributed by atoms with Crippen molar-refractivity contribution in [2.45, 2.75) is 6.42 Å². The molecule has 1 aliphatic carbocycles. The topological polar surface area (TPSA) is 58.2 Å². The average Bonchev–Trinajstić information content (AvgIpc) is 3.04. The van der Waals surface area contributed by atoms with Crippen LogP contribution in [0, 0.1) is 0 Å². The summed E-state index contributed by atoms with van der Waals surface area (Å²) in [4.78, 5) is 24.3. The number of carbonyl (C=O) groups is 2. The first-order valence-electron chi connectivity index (χ1n) is 8.65. The number of rotatable bonds is 4. The van der Waals surface area contributed by atoms with E-state index in [1.54, 1.807) is 24.3 Å². The zero-order valence-corrected chi connectivity index (χ0v) is 16.0. The average molecular weight is 421 g/mol.